The minimum atomic E-state index is -0.769. The van der Waals surface area contributed by atoms with Crippen molar-refractivity contribution in [2.24, 2.45) is 0 Å². The minimum absolute atomic E-state index is 0.459. The molecule has 1 aliphatic rings. The van der Waals surface area contributed by atoms with Gasteiger partial charge in [-0.15, -0.1) is 0 Å². The van der Waals surface area contributed by atoms with Gasteiger partial charge in [0.15, 0.2) is 5.82 Å². The standard InChI is InChI=1S/C10H9ClN4.C6H11NO2/c11-7-5-13-6-14-10(7)15-9-4-2-1-3-8(9)12;8-6(9)7-4-2-1-3-5-7/h1-6H,12H2,(H,13,14,15);1-5H2,(H,8,9). The van der Waals surface area contributed by atoms with Crippen LogP contribution in [0.4, 0.5) is 22.0 Å². The predicted molar refractivity (Wildman–Crippen MR) is 94.6 cm³/mol. The second-order valence-corrected chi connectivity index (χ2v) is 5.67. The molecule has 1 fully saturated rings. The van der Waals surface area contributed by atoms with Gasteiger partial charge < -0.3 is 21.1 Å². The first-order valence-corrected chi connectivity index (χ1v) is 8.00. The molecular formula is C16H20ClN5O2. The summed E-state index contributed by atoms with van der Waals surface area (Å²) in [6, 6.07) is 7.40. The van der Waals surface area contributed by atoms with Crippen molar-refractivity contribution in [3.8, 4) is 0 Å². The molecule has 1 aromatic heterocycles. The molecule has 0 spiro atoms. The molecular weight excluding hydrogens is 330 g/mol. The molecule has 0 saturated carbocycles. The van der Waals surface area contributed by atoms with Crippen LogP contribution < -0.4 is 11.1 Å². The highest BCUT2D eigenvalue weighted by Crippen LogP contribution is 2.25. The van der Waals surface area contributed by atoms with E-state index >= 15 is 0 Å². The van der Waals surface area contributed by atoms with E-state index in [1.54, 1.807) is 6.07 Å². The zero-order valence-corrected chi connectivity index (χ0v) is 13.9. The van der Waals surface area contributed by atoms with Crippen molar-refractivity contribution >= 4 is 34.9 Å². The zero-order chi connectivity index (χ0) is 17.4. The summed E-state index contributed by atoms with van der Waals surface area (Å²) in [4.78, 5) is 19.6. The number of hydrogen-bond acceptors (Lipinski definition) is 5. The van der Waals surface area contributed by atoms with E-state index in [0.717, 1.165) is 31.6 Å². The lowest BCUT2D eigenvalue weighted by Gasteiger charge is -2.22. The topological polar surface area (TPSA) is 104 Å². The van der Waals surface area contributed by atoms with Gasteiger partial charge in [-0.1, -0.05) is 23.7 Å². The summed E-state index contributed by atoms with van der Waals surface area (Å²) in [6.07, 6.45) is 5.43. The van der Waals surface area contributed by atoms with Crippen molar-refractivity contribution in [3.05, 3.63) is 41.8 Å². The number of anilines is 3. The van der Waals surface area contributed by atoms with Crippen LogP contribution in [0.1, 0.15) is 19.3 Å². The van der Waals surface area contributed by atoms with Gasteiger partial charge in [0, 0.05) is 13.1 Å². The SMILES string of the molecule is Nc1ccccc1Nc1ncncc1Cl.O=C(O)N1CCCCC1. The van der Waals surface area contributed by atoms with Gasteiger partial charge >= 0.3 is 6.09 Å². The van der Waals surface area contributed by atoms with Crippen molar-refractivity contribution in [1.29, 1.82) is 0 Å². The largest absolute Gasteiger partial charge is 0.465 e. The molecule has 128 valence electrons. The minimum Gasteiger partial charge on any atom is -0.465 e. The lowest BCUT2D eigenvalue weighted by Crippen LogP contribution is -2.34. The molecule has 3 rings (SSSR count). The summed E-state index contributed by atoms with van der Waals surface area (Å²) >= 11 is 5.90. The summed E-state index contributed by atoms with van der Waals surface area (Å²) in [6.45, 7) is 1.46. The van der Waals surface area contributed by atoms with Gasteiger partial charge in [0.25, 0.3) is 0 Å². The van der Waals surface area contributed by atoms with Crippen LogP contribution in [-0.2, 0) is 0 Å². The summed E-state index contributed by atoms with van der Waals surface area (Å²) in [5.74, 6) is 0.546. The Balaban J connectivity index is 0.000000198. The Morgan fingerprint density at radius 3 is 2.54 bits per heavy atom. The van der Waals surface area contributed by atoms with Crippen LogP contribution in [0.25, 0.3) is 0 Å². The van der Waals surface area contributed by atoms with Crippen molar-refractivity contribution in [2.45, 2.75) is 19.3 Å². The fourth-order valence-electron chi connectivity index (χ4n) is 2.23. The third-order valence-electron chi connectivity index (χ3n) is 3.51. The van der Waals surface area contributed by atoms with Crippen LogP contribution >= 0.6 is 11.6 Å². The molecule has 1 saturated heterocycles. The molecule has 0 unspecified atom stereocenters. The van der Waals surface area contributed by atoms with Crippen molar-refractivity contribution in [1.82, 2.24) is 14.9 Å². The highest BCUT2D eigenvalue weighted by Gasteiger charge is 2.13. The Bertz CT molecular complexity index is 634. The van der Waals surface area contributed by atoms with Crippen LogP contribution in [0.3, 0.4) is 0 Å². The summed E-state index contributed by atoms with van der Waals surface area (Å²) in [7, 11) is 0. The van der Waals surface area contributed by atoms with Gasteiger partial charge in [-0.2, -0.15) is 0 Å². The maximum Gasteiger partial charge on any atom is 0.407 e. The van der Waals surface area contributed by atoms with E-state index in [2.05, 4.69) is 15.3 Å². The number of rotatable bonds is 2. The number of amides is 1. The molecule has 8 heteroatoms. The molecule has 0 bridgehead atoms. The van der Waals surface area contributed by atoms with Crippen LogP contribution in [0.15, 0.2) is 36.8 Å². The number of nitrogens with two attached hydrogens (primary N) is 1. The predicted octanol–water partition coefficient (Wildman–Crippen LogP) is 3.61. The second kappa shape index (κ2) is 8.93. The number of hydrogen-bond donors (Lipinski definition) is 3. The Morgan fingerprint density at radius 2 is 1.96 bits per heavy atom. The van der Waals surface area contributed by atoms with Crippen LogP contribution in [0.5, 0.6) is 0 Å². The number of aromatic nitrogens is 2. The van der Waals surface area contributed by atoms with Crippen molar-refractivity contribution in [2.75, 3.05) is 24.1 Å². The van der Waals surface area contributed by atoms with E-state index in [-0.39, 0.29) is 0 Å². The number of nitrogens with one attached hydrogen (secondary N) is 1. The van der Waals surface area contributed by atoms with E-state index in [4.69, 9.17) is 22.4 Å². The number of carbonyl (C=O) groups is 1. The van der Waals surface area contributed by atoms with E-state index in [9.17, 15) is 4.79 Å². The lowest BCUT2D eigenvalue weighted by molar-refractivity contribution is 0.136. The van der Waals surface area contributed by atoms with E-state index < -0.39 is 6.09 Å². The normalized spacial score (nSPS) is 13.6. The third kappa shape index (κ3) is 5.27. The fourth-order valence-corrected chi connectivity index (χ4v) is 2.38. The second-order valence-electron chi connectivity index (χ2n) is 5.26. The van der Waals surface area contributed by atoms with Crippen LogP contribution in [-0.4, -0.2) is 39.2 Å². The molecule has 1 aromatic carbocycles. The molecule has 24 heavy (non-hydrogen) atoms. The maximum absolute atomic E-state index is 10.3. The van der Waals surface area contributed by atoms with Gasteiger partial charge in [-0.25, -0.2) is 14.8 Å². The van der Waals surface area contributed by atoms with Crippen molar-refractivity contribution < 1.29 is 9.90 Å². The van der Waals surface area contributed by atoms with Crippen molar-refractivity contribution in [3.63, 3.8) is 0 Å². The number of nitrogens with zero attached hydrogens (tertiary/aromatic N) is 3. The molecule has 7 nitrogen and oxygen atoms in total. The molecule has 1 amide bonds. The number of benzene rings is 1. The maximum atomic E-state index is 10.3. The Morgan fingerprint density at radius 1 is 1.25 bits per heavy atom. The zero-order valence-electron chi connectivity index (χ0n) is 13.2. The number of carboxylic acid groups (broad SMARTS) is 1. The molecule has 4 N–H and O–H groups in total. The molecule has 0 radical (unpaired) electrons. The van der Waals surface area contributed by atoms with E-state index in [1.165, 1.54) is 23.8 Å². The highest BCUT2D eigenvalue weighted by atomic mass is 35.5. The van der Waals surface area contributed by atoms with Gasteiger partial charge in [0.1, 0.15) is 11.3 Å². The fraction of sp³-hybridized carbons (Fsp3) is 0.312. The third-order valence-corrected chi connectivity index (χ3v) is 3.78. The van der Waals surface area contributed by atoms with Gasteiger partial charge in [-0.05, 0) is 31.4 Å². The van der Waals surface area contributed by atoms with E-state index in [0.29, 0.717) is 16.5 Å². The number of para-hydroxylation sites is 2. The Hall–Kier alpha value is -2.54. The van der Waals surface area contributed by atoms with Crippen LogP contribution in [0.2, 0.25) is 5.02 Å². The van der Waals surface area contributed by atoms with Crippen LogP contribution in [0, 0.1) is 0 Å². The van der Waals surface area contributed by atoms with Gasteiger partial charge in [0.2, 0.25) is 0 Å². The summed E-state index contributed by atoms with van der Waals surface area (Å²) in [5, 5.41) is 12.0. The summed E-state index contributed by atoms with van der Waals surface area (Å²) in [5.41, 5.74) is 7.19. The first-order chi connectivity index (χ1) is 11.6. The average Bonchev–Trinajstić information content (AvgIpc) is 2.60. The van der Waals surface area contributed by atoms with Gasteiger partial charge in [0.05, 0.1) is 17.6 Å². The number of halogens is 1. The monoisotopic (exact) mass is 349 g/mol. The Labute approximate surface area is 145 Å². The number of likely N-dealkylation sites (tertiary alicyclic amines) is 1. The molecule has 2 aromatic rings. The quantitative estimate of drug-likeness (QED) is 0.715. The number of piperidine rings is 1. The summed E-state index contributed by atoms with van der Waals surface area (Å²) < 4.78 is 0. The molecule has 2 heterocycles. The number of nitrogen functional groups attached to an aromatic ring is 1. The Kier molecular flexibility index (Phi) is 6.62. The lowest BCUT2D eigenvalue weighted by atomic mass is 10.1. The first kappa shape index (κ1) is 17.8. The molecule has 0 aliphatic carbocycles. The molecule has 1 aliphatic heterocycles. The molecule has 0 atom stereocenters. The first-order valence-electron chi connectivity index (χ1n) is 7.63. The van der Waals surface area contributed by atoms with E-state index in [1.807, 2.05) is 18.2 Å². The van der Waals surface area contributed by atoms with Gasteiger partial charge in [-0.3, -0.25) is 0 Å². The smallest absolute Gasteiger partial charge is 0.407 e. The average molecular weight is 350 g/mol. The highest BCUT2D eigenvalue weighted by molar-refractivity contribution is 6.32.